The second-order valence-corrected chi connectivity index (χ2v) is 5.64. The Balaban J connectivity index is 2.14. The maximum Gasteiger partial charge on any atom is 0.142 e. The highest BCUT2D eigenvalue weighted by Crippen LogP contribution is 2.29. The molecule has 3 heteroatoms. The summed E-state index contributed by atoms with van der Waals surface area (Å²) in [6, 6.07) is 9.64. The summed E-state index contributed by atoms with van der Waals surface area (Å²) in [6.45, 7) is 9.52. The summed E-state index contributed by atoms with van der Waals surface area (Å²) >= 11 is 0. The van der Waals surface area contributed by atoms with Gasteiger partial charge in [0.2, 0.25) is 0 Å². The Kier molecular flexibility index (Phi) is 5.72. The zero-order valence-corrected chi connectivity index (χ0v) is 13.1. The third-order valence-corrected chi connectivity index (χ3v) is 4.10. The Labute approximate surface area is 123 Å². The van der Waals surface area contributed by atoms with E-state index in [9.17, 15) is 0 Å². The molecule has 2 rings (SSSR count). The number of anilines is 1. The third-order valence-electron chi connectivity index (χ3n) is 4.10. The van der Waals surface area contributed by atoms with Gasteiger partial charge in [0.05, 0.1) is 12.3 Å². The molecule has 1 aromatic carbocycles. The molecule has 1 N–H and O–H groups in total. The monoisotopic (exact) mass is 276 g/mol. The molecule has 3 nitrogen and oxygen atoms in total. The molecule has 0 aromatic heterocycles. The maximum atomic E-state index is 5.78. The van der Waals surface area contributed by atoms with Crippen molar-refractivity contribution in [3.8, 4) is 5.75 Å². The fourth-order valence-corrected chi connectivity index (χ4v) is 2.90. The highest BCUT2D eigenvalue weighted by atomic mass is 16.5. The molecule has 1 aliphatic heterocycles. The summed E-state index contributed by atoms with van der Waals surface area (Å²) in [5.41, 5.74) is 1.25. The third kappa shape index (κ3) is 3.89. The maximum absolute atomic E-state index is 5.78. The topological polar surface area (TPSA) is 24.5 Å². The van der Waals surface area contributed by atoms with Crippen molar-refractivity contribution in [3.05, 3.63) is 24.3 Å². The van der Waals surface area contributed by atoms with Gasteiger partial charge in [-0.1, -0.05) is 19.1 Å². The molecule has 0 saturated carbocycles. The molecule has 0 bridgehead atoms. The van der Waals surface area contributed by atoms with Gasteiger partial charge in [0.15, 0.2) is 0 Å². The Morgan fingerprint density at radius 1 is 1.20 bits per heavy atom. The average molecular weight is 276 g/mol. The van der Waals surface area contributed by atoms with Crippen LogP contribution in [0.15, 0.2) is 24.3 Å². The lowest BCUT2D eigenvalue weighted by Gasteiger charge is -2.34. The number of nitrogens with one attached hydrogen (secondary N) is 1. The Morgan fingerprint density at radius 2 is 1.95 bits per heavy atom. The number of hydrogen-bond donors (Lipinski definition) is 1. The van der Waals surface area contributed by atoms with Crippen LogP contribution in [-0.4, -0.2) is 31.8 Å². The number of para-hydroxylation sites is 2. The van der Waals surface area contributed by atoms with Crippen LogP contribution >= 0.6 is 0 Å². The molecular weight excluding hydrogens is 248 g/mol. The van der Waals surface area contributed by atoms with Gasteiger partial charge in [-0.3, -0.25) is 0 Å². The predicted octanol–water partition coefficient (Wildman–Crippen LogP) is 3.44. The van der Waals surface area contributed by atoms with Gasteiger partial charge < -0.3 is 15.0 Å². The van der Waals surface area contributed by atoms with E-state index in [-0.39, 0.29) is 0 Å². The van der Waals surface area contributed by atoms with Gasteiger partial charge in [0.25, 0.3) is 0 Å². The second kappa shape index (κ2) is 7.53. The highest BCUT2D eigenvalue weighted by Gasteiger charge is 2.19. The van der Waals surface area contributed by atoms with E-state index < -0.39 is 0 Å². The number of ether oxygens (including phenoxy) is 1. The van der Waals surface area contributed by atoms with Crippen LogP contribution in [0.5, 0.6) is 5.75 Å². The fourth-order valence-electron chi connectivity index (χ4n) is 2.90. The van der Waals surface area contributed by atoms with Gasteiger partial charge in [-0.2, -0.15) is 0 Å². The predicted molar refractivity (Wildman–Crippen MR) is 85.7 cm³/mol. The Hall–Kier alpha value is -1.22. The van der Waals surface area contributed by atoms with Crippen molar-refractivity contribution in [1.29, 1.82) is 0 Å². The zero-order valence-electron chi connectivity index (χ0n) is 13.1. The summed E-state index contributed by atoms with van der Waals surface area (Å²) in [5, 5.41) is 3.72. The van der Waals surface area contributed by atoms with E-state index in [1.807, 2.05) is 6.92 Å². The largest absolute Gasteiger partial charge is 0.492 e. The van der Waals surface area contributed by atoms with Crippen LogP contribution in [-0.2, 0) is 0 Å². The highest BCUT2D eigenvalue weighted by molar-refractivity contribution is 5.58. The Morgan fingerprint density at radius 3 is 2.70 bits per heavy atom. The molecular formula is C17H28N2O. The summed E-state index contributed by atoms with van der Waals surface area (Å²) < 4.78 is 5.78. The smallest absolute Gasteiger partial charge is 0.142 e. The van der Waals surface area contributed by atoms with Crippen molar-refractivity contribution in [2.24, 2.45) is 0 Å². The zero-order chi connectivity index (χ0) is 14.4. The van der Waals surface area contributed by atoms with E-state index in [2.05, 4.69) is 48.3 Å². The van der Waals surface area contributed by atoms with Gasteiger partial charge >= 0.3 is 0 Å². The lowest BCUT2D eigenvalue weighted by molar-refractivity contribution is 0.337. The first-order valence-corrected chi connectivity index (χ1v) is 7.97. The van der Waals surface area contributed by atoms with E-state index in [4.69, 9.17) is 4.74 Å². The summed E-state index contributed by atoms with van der Waals surface area (Å²) in [6.07, 6.45) is 3.57. The number of benzene rings is 1. The van der Waals surface area contributed by atoms with Crippen molar-refractivity contribution in [2.75, 3.05) is 24.6 Å². The SMILES string of the molecule is CCOc1ccccc1N1CCC(C)NC(CC)CC1. The van der Waals surface area contributed by atoms with Crippen LogP contribution in [0.4, 0.5) is 5.69 Å². The van der Waals surface area contributed by atoms with Crippen LogP contribution in [0.1, 0.15) is 40.0 Å². The van der Waals surface area contributed by atoms with Gasteiger partial charge in [-0.15, -0.1) is 0 Å². The number of hydrogen-bond acceptors (Lipinski definition) is 3. The first kappa shape index (κ1) is 15.2. The second-order valence-electron chi connectivity index (χ2n) is 5.64. The Bertz CT molecular complexity index is 408. The van der Waals surface area contributed by atoms with Gasteiger partial charge in [0, 0.05) is 25.2 Å². The van der Waals surface area contributed by atoms with Crippen molar-refractivity contribution in [1.82, 2.24) is 5.32 Å². The minimum absolute atomic E-state index is 0.585. The standard InChI is InChI=1S/C17H28N2O/c1-4-15-11-13-19(12-10-14(3)18-15)16-8-6-7-9-17(16)20-5-2/h6-9,14-15,18H,4-5,10-13H2,1-3H3. The first-order chi connectivity index (χ1) is 9.74. The van der Waals surface area contributed by atoms with Crippen molar-refractivity contribution in [2.45, 2.75) is 52.1 Å². The molecule has 1 heterocycles. The number of nitrogens with zero attached hydrogens (tertiary/aromatic N) is 1. The molecule has 1 aliphatic rings. The minimum atomic E-state index is 0.585. The number of rotatable bonds is 4. The quantitative estimate of drug-likeness (QED) is 0.911. The van der Waals surface area contributed by atoms with Gasteiger partial charge in [0.1, 0.15) is 5.75 Å². The summed E-state index contributed by atoms with van der Waals surface area (Å²) in [5.74, 6) is 1.02. The molecule has 0 radical (unpaired) electrons. The molecule has 2 atom stereocenters. The van der Waals surface area contributed by atoms with E-state index in [0.29, 0.717) is 12.1 Å². The van der Waals surface area contributed by atoms with E-state index >= 15 is 0 Å². The fraction of sp³-hybridized carbons (Fsp3) is 0.647. The van der Waals surface area contributed by atoms with Crippen LogP contribution in [0.3, 0.4) is 0 Å². The average Bonchev–Trinajstić information content (AvgIpc) is 2.45. The van der Waals surface area contributed by atoms with Crippen LogP contribution in [0.25, 0.3) is 0 Å². The van der Waals surface area contributed by atoms with E-state index in [1.165, 1.54) is 24.9 Å². The summed E-state index contributed by atoms with van der Waals surface area (Å²) in [7, 11) is 0. The molecule has 0 amide bonds. The first-order valence-electron chi connectivity index (χ1n) is 7.97. The van der Waals surface area contributed by atoms with E-state index in [1.54, 1.807) is 0 Å². The molecule has 1 fully saturated rings. The van der Waals surface area contributed by atoms with Gasteiger partial charge in [-0.25, -0.2) is 0 Å². The van der Waals surface area contributed by atoms with Crippen molar-refractivity contribution >= 4 is 5.69 Å². The normalized spacial score (nSPS) is 24.1. The summed E-state index contributed by atoms with van der Waals surface area (Å²) in [4.78, 5) is 2.49. The molecule has 2 unspecified atom stereocenters. The molecule has 0 aliphatic carbocycles. The van der Waals surface area contributed by atoms with Crippen molar-refractivity contribution < 1.29 is 4.74 Å². The van der Waals surface area contributed by atoms with Crippen LogP contribution < -0.4 is 15.0 Å². The molecule has 0 spiro atoms. The lowest BCUT2D eigenvalue weighted by atomic mass is 10.0. The van der Waals surface area contributed by atoms with Crippen LogP contribution in [0.2, 0.25) is 0 Å². The van der Waals surface area contributed by atoms with Gasteiger partial charge in [-0.05, 0) is 45.2 Å². The molecule has 1 saturated heterocycles. The van der Waals surface area contributed by atoms with Crippen molar-refractivity contribution in [3.63, 3.8) is 0 Å². The minimum Gasteiger partial charge on any atom is -0.492 e. The molecule has 112 valence electrons. The molecule has 1 aromatic rings. The molecule has 20 heavy (non-hydrogen) atoms. The lowest BCUT2D eigenvalue weighted by Crippen LogP contribution is -2.44. The van der Waals surface area contributed by atoms with E-state index in [0.717, 1.165) is 25.4 Å². The van der Waals surface area contributed by atoms with Crippen LogP contribution in [0, 0.1) is 0 Å².